The number of carboxylic acids is 1. The van der Waals surface area contributed by atoms with Gasteiger partial charge in [-0.1, -0.05) is 11.8 Å². The van der Waals surface area contributed by atoms with Gasteiger partial charge in [0, 0.05) is 6.20 Å². The van der Waals surface area contributed by atoms with Crippen molar-refractivity contribution in [3.63, 3.8) is 0 Å². The third-order valence-corrected chi connectivity index (χ3v) is 2.91. The zero-order valence-corrected chi connectivity index (χ0v) is 10.4. The van der Waals surface area contributed by atoms with Gasteiger partial charge in [-0.2, -0.15) is 0 Å². The summed E-state index contributed by atoms with van der Waals surface area (Å²) in [6.07, 6.45) is 1.41. The van der Waals surface area contributed by atoms with Crippen LogP contribution >= 0.6 is 11.8 Å². The fourth-order valence-corrected chi connectivity index (χ4v) is 1.94. The molecule has 5 nitrogen and oxygen atoms in total. The minimum atomic E-state index is -1.02. The van der Waals surface area contributed by atoms with Crippen LogP contribution in [0.5, 0.6) is 0 Å². The number of rotatable bonds is 5. The van der Waals surface area contributed by atoms with Crippen LogP contribution in [0.4, 0.5) is 0 Å². The van der Waals surface area contributed by atoms with E-state index in [2.05, 4.69) is 4.98 Å². The van der Waals surface area contributed by atoms with Gasteiger partial charge in [0.1, 0.15) is 5.25 Å². The molecule has 0 saturated carbocycles. The summed E-state index contributed by atoms with van der Waals surface area (Å²) in [5, 5.41) is 8.89. The Bertz CT molecular complexity index is 422. The highest BCUT2D eigenvalue weighted by atomic mass is 32.2. The molecule has 0 saturated heterocycles. The van der Waals surface area contributed by atoms with E-state index in [0.29, 0.717) is 11.6 Å². The van der Waals surface area contributed by atoms with Crippen LogP contribution in [-0.2, 0) is 9.53 Å². The van der Waals surface area contributed by atoms with E-state index in [9.17, 15) is 9.59 Å². The molecule has 1 aromatic heterocycles. The van der Waals surface area contributed by atoms with Gasteiger partial charge in [0.15, 0.2) is 0 Å². The number of aromatic carboxylic acids is 1. The Balaban J connectivity index is 2.71. The number of esters is 1. The Morgan fingerprint density at radius 3 is 2.88 bits per heavy atom. The quantitative estimate of drug-likeness (QED) is 0.639. The number of hydrogen-bond acceptors (Lipinski definition) is 5. The molecule has 1 rings (SSSR count). The van der Waals surface area contributed by atoms with Crippen LogP contribution in [0, 0.1) is 0 Å². The van der Waals surface area contributed by atoms with E-state index in [1.54, 1.807) is 13.8 Å². The van der Waals surface area contributed by atoms with Crippen LogP contribution in [0.1, 0.15) is 24.2 Å². The normalized spacial score (nSPS) is 11.9. The van der Waals surface area contributed by atoms with Crippen molar-refractivity contribution < 1.29 is 19.4 Å². The first-order chi connectivity index (χ1) is 8.04. The van der Waals surface area contributed by atoms with Gasteiger partial charge in [-0.25, -0.2) is 9.78 Å². The lowest BCUT2D eigenvalue weighted by Crippen LogP contribution is -2.16. The van der Waals surface area contributed by atoms with Crippen LogP contribution in [0.15, 0.2) is 23.4 Å². The van der Waals surface area contributed by atoms with Crippen molar-refractivity contribution in [3.8, 4) is 0 Å². The van der Waals surface area contributed by atoms with E-state index in [1.807, 2.05) is 0 Å². The van der Waals surface area contributed by atoms with E-state index < -0.39 is 11.2 Å². The van der Waals surface area contributed by atoms with Gasteiger partial charge in [0.2, 0.25) is 0 Å². The first-order valence-corrected chi connectivity index (χ1v) is 5.95. The standard InChI is InChI=1S/C11H13NO4S/c1-3-16-11(15)7(2)17-9-6-8(10(13)14)4-5-12-9/h4-7H,3H2,1-2H3,(H,13,14). The number of aromatic nitrogens is 1. The second kappa shape index (κ2) is 6.24. The molecule has 0 amide bonds. The topological polar surface area (TPSA) is 76.5 Å². The maximum atomic E-state index is 11.4. The number of carboxylic acid groups (broad SMARTS) is 1. The smallest absolute Gasteiger partial charge is 0.335 e. The number of carbonyl (C=O) groups excluding carboxylic acids is 1. The molecule has 92 valence electrons. The van der Waals surface area contributed by atoms with Crippen LogP contribution in [0.3, 0.4) is 0 Å². The largest absolute Gasteiger partial charge is 0.478 e. The van der Waals surface area contributed by atoms with Crippen molar-refractivity contribution in [3.05, 3.63) is 23.9 Å². The van der Waals surface area contributed by atoms with Crippen LogP contribution in [0.25, 0.3) is 0 Å². The lowest BCUT2D eigenvalue weighted by atomic mass is 10.3. The summed E-state index contributed by atoms with van der Waals surface area (Å²) in [6.45, 7) is 3.75. The van der Waals surface area contributed by atoms with Gasteiger partial charge in [0.05, 0.1) is 17.2 Å². The molecule has 0 spiro atoms. The van der Waals surface area contributed by atoms with Crippen molar-refractivity contribution in [2.45, 2.75) is 24.1 Å². The lowest BCUT2D eigenvalue weighted by Gasteiger charge is -2.09. The molecule has 0 bridgehead atoms. The van der Waals surface area contributed by atoms with E-state index in [4.69, 9.17) is 9.84 Å². The van der Waals surface area contributed by atoms with Gasteiger partial charge >= 0.3 is 11.9 Å². The van der Waals surface area contributed by atoms with Crippen LogP contribution in [0.2, 0.25) is 0 Å². The molecular formula is C11H13NO4S. The Labute approximate surface area is 103 Å². The maximum Gasteiger partial charge on any atom is 0.335 e. The average Bonchev–Trinajstić information content (AvgIpc) is 2.29. The highest BCUT2D eigenvalue weighted by Gasteiger charge is 2.16. The maximum absolute atomic E-state index is 11.4. The molecule has 1 heterocycles. The minimum Gasteiger partial charge on any atom is -0.478 e. The molecule has 6 heteroatoms. The fraction of sp³-hybridized carbons (Fsp3) is 0.364. The first kappa shape index (κ1) is 13.5. The zero-order chi connectivity index (χ0) is 12.8. The number of ether oxygens (including phenoxy) is 1. The summed E-state index contributed by atoms with van der Waals surface area (Å²) >= 11 is 1.17. The third-order valence-electron chi connectivity index (χ3n) is 1.90. The fourth-order valence-electron chi connectivity index (χ4n) is 1.10. The summed E-state index contributed by atoms with van der Waals surface area (Å²) in [4.78, 5) is 26.1. The highest BCUT2D eigenvalue weighted by Crippen LogP contribution is 2.22. The number of carbonyl (C=O) groups is 2. The molecule has 1 atom stereocenters. The molecular weight excluding hydrogens is 242 g/mol. The van der Waals surface area contributed by atoms with Gasteiger partial charge in [0.25, 0.3) is 0 Å². The van der Waals surface area contributed by atoms with Gasteiger partial charge in [-0.05, 0) is 26.0 Å². The predicted octanol–water partition coefficient (Wildman–Crippen LogP) is 1.82. The zero-order valence-electron chi connectivity index (χ0n) is 9.54. The Hall–Kier alpha value is -1.56. The summed E-state index contributed by atoms with van der Waals surface area (Å²) < 4.78 is 4.85. The van der Waals surface area contributed by atoms with Gasteiger partial charge < -0.3 is 9.84 Å². The summed E-state index contributed by atoms with van der Waals surface area (Å²) in [6, 6.07) is 2.84. The SMILES string of the molecule is CCOC(=O)C(C)Sc1cc(C(=O)O)ccn1. The Morgan fingerprint density at radius 2 is 2.29 bits per heavy atom. The number of nitrogens with zero attached hydrogens (tertiary/aromatic N) is 1. The lowest BCUT2D eigenvalue weighted by molar-refractivity contribution is -0.142. The monoisotopic (exact) mass is 255 g/mol. The predicted molar refractivity (Wildman–Crippen MR) is 63.1 cm³/mol. The van der Waals surface area contributed by atoms with Gasteiger partial charge in [-0.15, -0.1) is 0 Å². The van der Waals surface area contributed by atoms with Crippen LogP contribution in [-0.4, -0.2) is 33.9 Å². The van der Waals surface area contributed by atoms with Crippen molar-refractivity contribution in [2.24, 2.45) is 0 Å². The highest BCUT2D eigenvalue weighted by molar-refractivity contribution is 8.00. The molecule has 0 aliphatic heterocycles. The van der Waals surface area contributed by atoms with Crippen molar-refractivity contribution >= 4 is 23.7 Å². The summed E-state index contributed by atoms with van der Waals surface area (Å²) in [7, 11) is 0. The van der Waals surface area contributed by atoms with E-state index in [0.717, 1.165) is 0 Å². The second-order valence-electron chi connectivity index (χ2n) is 3.20. The number of pyridine rings is 1. The molecule has 0 aromatic carbocycles. The number of thioether (sulfide) groups is 1. The van der Waals surface area contributed by atoms with E-state index >= 15 is 0 Å². The molecule has 1 aromatic rings. The Morgan fingerprint density at radius 1 is 1.59 bits per heavy atom. The molecule has 1 N–H and O–H groups in total. The molecule has 0 aliphatic rings. The molecule has 0 fully saturated rings. The minimum absolute atomic E-state index is 0.151. The molecule has 0 radical (unpaired) electrons. The van der Waals surface area contributed by atoms with Crippen LogP contribution < -0.4 is 0 Å². The number of hydrogen-bond donors (Lipinski definition) is 1. The Kier molecular flexibility index (Phi) is 4.96. The molecule has 0 aliphatic carbocycles. The van der Waals surface area contributed by atoms with E-state index in [1.165, 1.54) is 30.1 Å². The summed E-state index contributed by atoms with van der Waals surface area (Å²) in [5.41, 5.74) is 0.151. The average molecular weight is 255 g/mol. The third kappa shape index (κ3) is 4.07. The van der Waals surface area contributed by atoms with Gasteiger partial charge in [-0.3, -0.25) is 4.79 Å². The second-order valence-corrected chi connectivity index (χ2v) is 4.56. The van der Waals surface area contributed by atoms with Crippen molar-refractivity contribution in [1.29, 1.82) is 0 Å². The molecule has 17 heavy (non-hydrogen) atoms. The van der Waals surface area contributed by atoms with Crippen molar-refractivity contribution in [2.75, 3.05) is 6.61 Å². The molecule has 1 unspecified atom stereocenters. The summed E-state index contributed by atoms with van der Waals surface area (Å²) in [5.74, 6) is -1.35. The first-order valence-electron chi connectivity index (χ1n) is 5.07. The van der Waals surface area contributed by atoms with E-state index in [-0.39, 0.29) is 11.5 Å². The van der Waals surface area contributed by atoms with Crippen molar-refractivity contribution in [1.82, 2.24) is 4.98 Å².